The summed E-state index contributed by atoms with van der Waals surface area (Å²) in [5, 5.41) is 12.7. The van der Waals surface area contributed by atoms with Crippen LogP contribution in [-0.2, 0) is 22.6 Å². The van der Waals surface area contributed by atoms with Crippen LogP contribution in [0.1, 0.15) is 46.6 Å². The molecule has 0 bridgehead atoms. The number of amides is 1. The van der Waals surface area contributed by atoms with Gasteiger partial charge < -0.3 is 14.7 Å². The van der Waals surface area contributed by atoms with Crippen molar-refractivity contribution < 1.29 is 14.6 Å². The molecule has 0 spiro atoms. The lowest BCUT2D eigenvalue weighted by Crippen LogP contribution is -2.53. The second-order valence-electron chi connectivity index (χ2n) is 10.8. The number of halogens is 2. The van der Waals surface area contributed by atoms with Crippen molar-refractivity contribution in [2.24, 2.45) is 0 Å². The van der Waals surface area contributed by atoms with Gasteiger partial charge in [-0.3, -0.25) is 19.6 Å². The van der Waals surface area contributed by atoms with Gasteiger partial charge in [-0.05, 0) is 56.8 Å². The van der Waals surface area contributed by atoms with Gasteiger partial charge in [-0.2, -0.15) is 0 Å². The zero-order valence-corrected chi connectivity index (χ0v) is 24.2. The third kappa shape index (κ3) is 5.20. The molecule has 3 heterocycles. The fourth-order valence-corrected chi connectivity index (χ4v) is 5.99. The number of benzene rings is 2. The number of hydrogen-bond donors (Lipinski definition) is 1. The van der Waals surface area contributed by atoms with Crippen molar-refractivity contribution in [1.29, 1.82) is 0 Å². The van der Waals surface area contributed by atoms with Crippen LogP contribution in [-0.4, -0.2) is 77.1 Å². The Hall–Kier alpha value is -2.52. The summed E-state index contributed by atoms with van der Waals surface area (Å²) in [4.78, 5) is 24.8. The fourth-order valence-electron chi connectivity index (χ4n) is 5.75. The third-order valence-electron chi connectivity index (χ3n) is 8.08. The molecular formula is C30H34Cl2N4O3. The van der Waals surface area contributed by atoms with E-state index < -0.39 is 11.3 Å². The number of carbonyl (C=O) groups is 1. The summed E-state index contributed by atoms with van der Waals surface area (Å²) in [5.74, 6) is -0.204. The second-order valence-corrected chi connectivity index (χ2v) is 11.7. The van der Waals surface area contributed by atoms with Crippen LogP contribution in [0.2, 0.25) is 10.0 Å². The van der Waals surface area contributed by atoms with E-state index in [9.17, 15) is 9.90 Å². The first-order valence-corrected chi connectivity index (χ1v) is 13.8. The smallest absolute Gasteiger partial charge is 0.257 e. The largest absolute Gasteiger partial charge is 0.384 e. The lowest BCUT2D eigenvalue weighted by atomic mass is 9.88. The molecule has 9 heteroatoms. The lowest BCUT2D eigenvalue weighted by molar-refractivity contribution is -0.0868. The van der Waals surface area contributed by atoms with E-state index in [-0.39, 0.29) is 12.5 Å². The zero-order valence-electron chi connectivity index (χ0n) is 22.7. The third-order valence-corrected chi connectivity index (χ3v) is 8.55. The number of β-amino-alcohol motifs (C(OH)–C–C–N with tert-alkyl or cyclic N) is 1. The van der Waals surface area contributed by atoms with Crippen LogP contribution in [0.3, 0.4) is 0 Å². The van der Waals surface area contributed by atoms with Crippen molar-refractivity contribution in [2.45, 2.75) is 37.8 Å². The normalized spacial score (nSPS) is 23.6. The summed E-state index contributed by atoms with van der Waals surface area (Å²) in [7, 11) is 3.72. The second kappa shape index (κ2) is 10.8. The Labute approximate surface area is 239 Å². The molecule has 5 rings (SSSR count). The molecule has 2 aliphatic rings. The van der Waals surface area contributed by atoms with Gasteiger partial charge >= 0.3 is 0 Å². The molecule has 1 unspecified atom stereocenters. The maximum absolute atomic E-state index is 14.1. The van der Waals surface area contributed by atoms with E-state index in [1.165, 1.54) is 0 Å². The molecule has 3 atom stereocenters. The molecule has 7 nitrogen and oxygen atoms in total. The molecule has 2 aromatic carbocycles. The van der Waals surface area contributed by atoms with Crippen molar-refractivity contribution in [2.75, 3.05) is 40.3 Å². The van der Waals surface area contributed by atoms with Gasteiger partial charge in [-0.25, -0.2) is 0 Å². The van der Waals surface area contributed by atoms with Crippen molar-refractivity contribution >= 4 is 29.1 Å². The number of ether oxygens (including phenoxy) is 1. The van der Waals surface area contributed by atoms with Gasteiger partial charge in [0.2, 0.25) is 0 Å². The number of nitrogens with zero attached hydrogens (tertiary/aromatic N) is 4. The van der Waals surface area contributed by atoms with Gasteiger partial charge in [0.1, 0.15) is 0 Å². The molecule has 1 amide bonds. The van der Waals surface area contributed by atoms with E-state index in [1.807, 2.05) is 37.3 Å². The highest BCUT2D eigenvalue weighted by Crippen LogP contribution is 2.46. The van der Waals surface area contributed by atoms with Crippen LogP contribution >= 0.6 is 23.2 Å². The topological polar surface area (TPSA) is 69.1 Å². The highest BCUT2D eigenvalue weighted by molar-refractivity contribution is 6.30. The van der Waals surface area contributed by atoms with Crippen LogP contribution in [0.5, 0.6) is 0 Å². The Bertz CT molecular complexity index is 1350. The number of rotatable bonds is 7. The molecule has 39 heavy (non-hydrogen) atoms. The van der Waals surface area contributed by atoms with E-state index in [1.54, 1.807) is 42.5 Å². The fraction of sp³-hybridized carbons (Fsp3) is 0.400. The number of aliphatic hydroxyl groups is 1. The van der Waals surface area contributed by atoms with Crippen molar-refractivity contribution in [3.8, 4) is 0 Å². The van der Waals surface area contributed by atoms with Crippen molar-refractivity contribution in [3.05, 3.63) is 98.8 Å². The number of hydrogen-bond acceptors (Lipinski definition) is 6. The first-order valence-electron chi connectivity index (χ1n) is 13.1. The van der Waals surface area contributed by atoms with Crippen molar-refractivity contribution in [1.82, 2.24) is 19.7 Å². The van der Waals surface area contributed by atoms with Crippen molar-refractivity contribution in [3.63, 3.8) is 0 Å². The highest BCUT2D eigenvalue weighted by atomic mass is 35.5. The number of pyridine rings is 1. The maximum Gasteiger partial charge on any atom is 0.257 e. The highest BCUT2D eigenvalue weighted by Gasteiger charge is 2.52. The monoisotopic (exact) mass is 568 g/mol. The number of aromatic nitrogens is 1. The molecule has 0 saturated carbocycles. The molecule has 0 aliphatic carbocycles. The first-order chi connectivity index (χ1) is 18.5. The van der Waals surface area contributed by atoms with Gasteiger partial charge in [0, 0.05) is 67.2 Å². The van der Waals surface area contributed by atoms with E-state index in [0.717, 1.165) is 25.2 Å². The molecule has 3 aromatic rings. The van der Waals surface area contributed by atoms with Gasteiger partial charge in [0.15, 0.2) is 5.72 Å². The Kier molecular flexibility index (Phi) is 7.76. The predicted molar refractivity (Wildman–Crippen MR) is 153 cm³/mol. The SMILES string of the molecule is CO[C@]1(c2ccc(Cl)cc2)c2ccc(C(C)(O)CN3CCN(C)[C@H](C)C3)cc2C(=O)N1Cc1ccc(Cl)cn1. The number of methoxy groups -OCH3 is 1. The quantitative estimate of drug-likeness (QED) is 0.444. The Morgan fingerprint density at radius 1 is 1.10 bits per heavy atom. The van der Waals surface area contributed by atoms with Gasteiger partial charge in [-0.15, -0.1) is 0 Å². The zero-order chi connectivity index (χ0) is 27.9. The van der Waals surface area contributed by atoms with Gasteiger partial charge in [-0.1, -0.05) is 47.5 Å². The summed E-state index contributed by atoms with van der Waals surface area (Å²) < 4.78 is 6.23. The molecule has 1 fully saturated rings. The summed E-state index contributed by atoms with van der Waals surface area (Å²) in [5.41, 5.74) is 0.980. The maximum atomic E-state index is 14.1. The first kappa shape index (κ1) is 28.0. The minimum Gasteiger partial charge on any atom is -0.384 e. The minimum absolute atomic E-state index is 0.200. The summed E-state index contributed by atoms with van der Waals surface area (Å²) in [6, 6.07) is 16.9. The van der Waals surface area contributed by atoms with Gasteiger partial charge in [0.05, 0.1) is 22.9 Å². The van der Waals surface area contributed by atoms with E-state index >= 15 is 0 Å². The number of carbonyl (C=O) groups excluding carboxylic acids is 1. The minimum atomic E-state index is -1.20. The molecular weight excluding hydrogens is 535 g/mol. The van der Waals surface area contributed by atoms with E-state index in [4.69, 9.17) is 27.9 Å². The van der Waals surface area contributed by atoms with Gasteiger partial charge in [0.25, 0.3) is 5.91 Å². The number of piperazine rings is 1. The summed E-state index contributed by atoms with van der Waals surface area (Å²) in [6.07, 6.45) is 1.57. The molecule has 1 aromatic heterocycles. The molecule has 2 aliphatic heterocycles. The standard InChI is InChI=1S/C30H34Cl2N4O3/c1-20-17-35(14-13-34(20)3)19-29(2,38)22-7-12-27-26(15-22)28(37)36(18-25-11-10-24(32)16-33-25)30(27,39-4)21-5-8-23(31)9-6-21/h5-12,15-16,20,38H,13-14,17-19H2,1-4H3/t20-,29?,30-/m1/s1. The predicted octanol–water partition coefficient (Wildman–Crippen LogP) is 4.74. The molecule has 1 N–H and O–H groups in total. The van der Waals surface area contributed by atoms with Crippen LogP contribution < -0.4 is 0 Å². The average molecular weight is 570 g/mol. The lowest BCUT2D eigenvalue weighted by Gasteiger charge is -2.41. The Balaban J connectivity index is 1.55. The molecule has 1 saturated heterocycles. The van der Waals surface area contributed by atoms with Crippen LogP contribution in [0.4, 0.5) is 0 Å². The Morgan fingerprint density at radius 3 is 2.46 bits per heavy atom. The average Bonchev–Trinajstić information content (AvgIpc) is 3.15. The van der Waals surface area contributed by atoms with Crippen LogP contribution in [0.15, 0.2) is 60.8 Å². The Morgan fingerprint density at radius 2 is 1.82 bits per heavy atom. The van der Waals surface area contributed by atoms with E-state index in [2.05, 4.69) is 28.8 Å². The van der Waals surface area contributed by atoms with Crippen LogP contribution in [0.25, 0.3) is 0 Å². The molecule has 0 radical (unpaired) electrons. The summed E-state index contributed by atoms with van der Waals surface area (Å²) >= 11 is 12.3. The number of fused-ring (bicyclic) bond motifs is 1. The molecule has 206 valence electrons. The van der Waals surface area contributed by atoms with E-state index in [0.29, 0.717) is 45.0 Å². The summed E-state index contributed by atoms with van der Waals surface area (Å²) in [6.45, 7) is 7.39. The number of likely N-dealkylation sites (N-methyl/N-ethyl adjacent to an activating group) is 1. The van der Waals surface area contributed by atoms with Crippen LogP contribution in [0, 0.1) is 0 Å².